The fraction of sp³-hybridized carbons (Fsp3) is 0.409. The lowest BCUT2D eigenvalue weighted by Gasteiger charge is -2.33. The molecule has 0 aliphatic carbocycles. The third kappa shape index (κ3) is 5.29. The molecule has 1 amide bonds. The Balaban J connectivity index is 1.54. The van der Waals surface area contributed by atoms with Gasteiger partial charge in [-0.15, -0.1) is 0 Å². The predicted octanol–water partition coefficient (Wildman–Crippen LogP) is 3.09. The van der Waals surface area contributed by atoms with Crippen molar-refractivity contribution in [3.63, 3.8) is 0 Å². The van der Waals surface area contributed by atoms with Crippen molar-refractivity contribution in [2.45, 2.75) is 38.7 Å². The summed E-state index contributed by atoms with van der Waals surface area (Å²) in [5, 5.41) is 2.87. The van der Waals surface area contributed by atoms with Gasteiger partial charge in [0.25, 0.3) is 5.91 Å². The van der Waals surface area contributed by atoms with Crippen LogP contribution in [-0.4, -0.2) is 39.8 Å². The lowest BCUT2D eigenvalue weighted by Crippen LogP contribution is -2.50. The van der Waals surface area contributed by atoms with Gasteiger partial charge in [-0.2, -0.15) is 0 Å². The van der Waals surface area contributed by atoms with Crippen LogP contribution in [0, 0.1) is 0 Å². The highest BCUT2D eigenvalue weighted by Crippen LogP contribution is 2.34. The Hall–Kier alpha value is -2.54. The first kappa shape index (κ1) is 21.2. The average molecular weight is 417 g/mol. The van der Waals surface area contributed by atoms with Crippen LogP contribution in [0.25, 0.3) is 0 Å². The largest absolute Gasteiger partial charge is 0.476 e. The molecule has 1 N–H and O–H groups in total. The molecule has 2 aromatic carbocycles. The second-order valence-corrected chi connectivity index (χ2v) is 9.57. The molecule has 6 nitrogen and oxygen atoms in total. The SMILES string of the molecule is CC(C)c1ccc(CCCNC(=O)[C@@H]2CN(S(C)(=O)=O)c3ccccc3O2)cc1. The molecular formula is C22H28N2O4S. The number of carbonyl (C=O) groups excluding carboxylic acids is 1. The van der Waals surface area contributed by atoms with Gasteiger partial charge in [0, 0.05) is 6.54 Å². The van der Waals surface area contributed by atoms with Crippen molar-refractivity contribution >= 4 is 21.6 Å². The van der Waals surface area contributed by atoms with Gasteiger partial charge in [0.05, 0.1) is 18.5 Å². The third-order valence-electron chi connectivity index (χ3n) is 5.02. The van der Waals surface area contributed by atoms with Gasteiger partial charge in [0.2, 0.25) is 10.0 Å². The molecule has 0 aromatic heterocycles. The second-order valence-electron chi connectivity index (χ2n) is 7.66. The van der Waals surface area contributed by atoms with E-state index in [1.54, 1.807) is 24.3 Å². The van der Waals surface area contributed by atoms with E-state index in [1.807, 2.05) is 0 Å². The number of para-hydroxylation sites is 2. The number of rotatable bonds is 7. The van der Waals surface area contributed by atoms with Gasteiger partial charge < -0.3 is 10.1 Å². The van der Waals surface area contributed by atoms with E-state index in [9.17, 15) is 13.2 Å². The van der Waals surface area contributed by atoms with Gasteiger partial charge in [-0.05, 0) is 42.0 Å². The Bertz CT molecular complexity index is 955. The monoisotopic (exact) mass is 416 g/mol. The van der Waals surface area contributed by atoms with E-state index >= 15 is 0 Å². The zero-order valence-electron chi connectivity index (χ0n) is 17.1. The lowest BCUT2D eigenvalue weighted by molar-refractivity contribution is -0.127. The fourth-order valence-corrected chi connectivity index (χ4v) is 4.25. The number of aryl methyl sites for hydroxylation is 1. The highest BCUT2D eigenvalue weighted by molar-refractivity contribution is 7.92. The lowest BCUT2D eigenvalue weighted by atomic mass is 10.0. The van der Waals surface area contributed by atoms with E-state index in [4.69, 9.17) is 4.74 Å². The van der Waals surface area contributed by atoms with Gasteiger partial charge >= 0.3 is 0 Å². The van der Waals surface area contributed by atoms with Crippen LogP contribution in [0.1, 0.15) is 37.3 Å². The van der Waals surface area contributed by atoms with Crippen LogP contribution in [-0.2, 0) is 21.2 Å². The van der Waals surface area contributed by atoms with Gasteiger partial charge in [0.1, 0.15) is 5.75 Å². The summed E-state index contributed by atoms with van der Waals surface area (Å²) in [5.41, 5.74) is 3.01. The number of hydrogen-bond acceptors (Lipinski definition) is 4. The first-order valence-electron chi connectivity index (χ1n) is 9.85. The summed E-state index contributed by atoms with van der Waals surface area (Å²) in [6.07, 6.45) is 1.92. The highest BCUT2D eigenvalue weighted by Gasteiger charge is 2.34. The van der Waals surface area contributed by atoms with Gasteiger partial charge in [-0.3, -0.25) is 9.10 Å². The Morgan fingerprint density at radius 1 is 1.17 bits per heavy atom. The van der Waals surface area contributed by atoms with E-state index in [1.165, 1.54) is 15.4 Å². The normalized spacial score (nSPS) is 16.3. The van der Waals surface area contributed by atoms with E-state index in [2.05, 4.69) is 43.4 Å². The number of hydrogen-bond donors (Lipinski definition) is 1. The molecule has 0 fully saturated rings. The molecule has 1 aliphatic heterocycles. The molecule has 29 heavy (non-hydrogen) atoms. The summed E-state index contributed by atoms with van der Waals surface area (Å²) in [4.78, 5) is 12.6. The van der Waals surface area contributed by atoms with Crippen LogP contribution in [0.2, 0.25) is 0 Å². The van der Waals surface area contributed by atoms with Gasteiger partial charge in [-0.1, -0.05) is 50.2 Å². The summed E-state index contributed by atoms with van der Waals surface area (Å²) in [6.45, 7) is 4.81. The first-order valence-corrected chi connectivity index (χ1v) is 11.7. The number of benzene rings is 2. The molecule has 0 saturated heterocycles. The summed E-state index contributed by atoms with van der Waals surface area (Å²) in [7, 11) is -3.50. The Morgan fingerprint density at radius 3 is 2.52 bits per heavy atom. The van der Waals surface area contributed by atoms with E-state index in [0.29, 0.717) is 23.9 Å². The summed E-state index contributed by atoms with van der Waals surface area (Å²) >= 11 is 0. The summed E-state index contributed by atoms with van der Waals surface area (Å²) in [5.74, 6) is 0.605. The summed E-state index contributed by atoms with van der Waals surface area (Å²) in [6, 6.07) is 15.4. The smallest absolute Gasteiger partial charge is 0.263 e. The number of anilines is 1. The molecule has 1 heterocycles. The molecule has 0 radical (unpaired) electrons. The standard InChI is InChI=1S/C22H28N2O4S/c1-16(2)18-12-10-17(11-13-18)7-6-14-23-22(25)21-15-24(29(3,26)27)19-8-4-5-9-20(19)28-21/h4-5,8-13,16,21H,6-7,14-15H2,1-3H3,(H,23,25)/t21-/m0/s1. The van der Waals surface area contributed by atoms with Gasteiger partial charge in [-0.25, -0.2) is 8.42 Å². The topological polar surface area (TPSA) is 75.7 Å². The van der Waals surface area contributed by atoms with Crippen molar-refractivity contribution in [2.24, 2.45) is 0 Å². The zero-order chi connectivity index (χ0) is 21.0. The molecule has 3 rings (SSSR count). The Kier molecular flexibility index (Phi) is 6.47. The number of fused-ring (bicyclic) bond motifs is 1. The average Bonchev–Trinajstić information content (AvgIpc) is 2.69. The van der Waals surface area contributed by atoms with Crippen molar-refractivity contribution in [3.8, 4) is 5.75 Å². The van der Waals surface area contributed by atoms with Crippen molar-refractivity contribution in [2.75, 3.05) is 23.7 Å². The molecular weight excluding hydrogens is 388 g/mol. The highest BCUT2D eigenvalue weighted by atomic mass is 32.2. The molecule has 0 spiro atoms. The first-order chi connectivity index (χ1) is 13.8. The van der Waals surface area contributed by atoms with Crippen LogP contribution in [0.15, 0.2) is 48.5 Å². The van der Waals surface area contributed by atoms with E-state index in [-0.39, 0.29) is 12.5 Å². The number of carbonyl (C=O) groups is 1. The van der Waals surface area contributed by atoms with Crippen molar-refractivity contribution < 1.29 is 17.9 Å². The molecule has 1 atom stereocenters. The van der Waals surface area contributed by atoms with E-state index < -0.39 is 16.1 Å². The third-order valence-corrected chi connectivity index (χ3v) is 6.16. The van der Waals surface area contributed by atoms with Gasteiger partial charge in [0.15, 0.2) is 6.10 Å². The van der Waals surface area contributed by atoms with Crippen LogP contribution in [0.3, 0.4) is 0 Å². The number of nitrogens with zero attached hydrogens (tertiary/aromatic N) is 1. The second kappa shape index (κ2) is 8.86. The quantitative estimate of drug-likeness (QED) is 0.704. The van der Waals surface area contributed by atoms with Crippen LogP contribution < -0.4 is 14.4 Å². The maximum atomic E-state index is 12.6. The minimum absolute atomic E-state index is 0.0294. The van der Waals surface area contributed by atoms with Crippen molar-refractivity contribution in [1.82, 2.24) is 5.32 Å². The predicted molar refractivity (Wildman–Crippen MR) is 115 cm³/mol. The molecule has 0 saturated carbocycles. The molecule has 0 unspecified atom stereocenters. The van der Waals surface area contributed by atoms with Crippen LogP contribution in [0.4, 0.5) is 5.69 Å². The minimum Gasteiger partial charge on any atom is -0.476 e. The number of sulfonamides is 1. The fourth-order valence-electron chi connectivity index (χ4n) is 3.34. The van der Waals surface area contributed by atoms with E-state index in [0.717, 1.165) is 19.1 Å². The van der Waals surface area contributed by atoms with Crippen LogP contribution >= 0.6 is 0 Å². The molecule has 0 bridgehead atoms. The Labute approximate surface area is 172 Å². The van der Waals surface area contributed by atoms with Crippen molar-refractivity contribution in [1.29, 1.82) is 0 Å². The molecule has 2 aromatic rings. The maximum absolute atomic E-state index is 12.6. The molecule has 1 aliphatic rings. The maximum Gasteiger partial charge on any atom is 0.263 e. The molecule has 156 valence electrons. The minimum atomic E-state index is -3.50. The number of amides is 1. The number of nitrogens with one attached hydrogen (secondary N) is 1. The van der Waals surface area contributed by atoms with Crippen LogP contribution in [0.5, 0.6) is 5.75 Å². The van der Waals surface area contributed by atoms with Crippen molar-refractivity contribution in [3.05, 3.63) is 59.7 Å². The Morgan fingerprint density at radius 2 is 1.86 bits per heavy atom. The zero-order valence-corrected chi connectivity index (χ0v) is 17.9. The molecule has 7 heteroatoms. The summed E-state index contributed by atoms with van der Waals surface area (Å²) < 4.78 is 31.3. The number of ether oxygens (including phenoxy) is 1.